The molecule has 0 bridgehead atoms. The molecule has 0 saturated carbocycles. The molecule has 0 atom stereocenters. The number of amides is 1. The van der Waals surface area contributed by atoms with E-state index in [0.717, 1.165) is 43.4 Å². The highest BCUT2D eigenvalue weighted by Gasteiger charge is 2.27. The van der Waals surface area contributed by atoms with Crippen LogP contribution in [0.4, 0.5) is 5.69 Å². The third-order valence-electron chi connectivity index (χ3n) is 5.14. The number of carbonyl (C=O) groups is 1. The first kappa shape index (κ1) is 19.0. The largest absolute Gasteiger partial charge is 0.356 e. The Kier molecular flexibility index (Phi) is 6.35. The highest BCUT2D eigenvalue weighted by molar-refractivity contribution is 7.92. The van der Waals surface area contributed by atoms with Crippen molar-refractivity contribution in [3.8, 4) is 0 Å². The van der Waals surface area contributed by atoms with Crippen molar-refractivity contribution in [2.75, 3.05) is 23.1 Å². The van der Waals surface area contributed by atoms with E-state index in [1.807, 2.05) is 24.3 Å². The van der Waals surface area contributed by atoms with Gasteiger partial charge in [-0.3, -0.25) is 9.10 Å². The van der Waals surface area contributed by atoms with Gasteiger partial charge in [-0.05, 0) is 56.6 Å². The Morgan fingerprint density at radius 2 is 1.96 bits per heavy atom. The van der Waals surface area contributed by atoms with Gasteiger partial charge < -0.3 is 5.32 Å². The summed E-state index contributed by atoms with van der Waals surface area (Å²) in [5, 5.41) is 2.86. The van der Waals surface area contributed by atoms with E-state index in [0.29, 0.717) is 13.1 Å². The minimum Gasteiger partial charge on any atom is -0.356 e. The van der Waals surface area contributed by atoms with E-state index >= 15 is 0 Å². The molecule has 0 aromatic heterocycles. The van der Waals surface area contributed by atoms with Gasteiger partial charge in [0, 0.05) is 19.5 Å². The second-order valence-corrected chi connectivity index (χ2v) is 9.09. The van der Waals surface area contributed by atoms with Crippen LogP contribution in [0.1, 0.15) is 50.5 Å². The van der Waals surface area contributed by atoms with Gasteiger partial charge >= 0.3 is 0 Å². The van der Waals surface area contributed by atoms with Gasteiger partial charge in [0.2, 0.25) is 15.9 Å². The normalized spacial score (nSPS) is 17.4. The Morgan fingerprint density at radius 1 is 1.12 bits per heavy atom. The van der Waals surface area contributed by atoms with E-state index < -0.39 is 10.0 Å². The number of nitrogens with zero attached hydrogens (tertiary/aromatic N) is 1. The molecule has 1 heterocycles. The molecule has 1 amide bonds. The number of benzene rings is 1. The van der Waals surface area contributed by atoms with Crippen LogP contribution in [0.3, 0.4) is 0 Å². The zero-order valence-electron chi connectivity index (χ0n) is 15.2. The number of aryl methyl sites for hydroxylation is 1. The Morgan fingerprint density at radius 3 is 2.77 bits per heavy atom. The number of nitrogens with one attached hydrogen (secondary N) is 1. The third-order valence-corrected chi connectivity index (χ3v) is 6.91. The van der Waals surface area contributed by atoms with Gasteiger partial charge in [0.05, 0.1) is 11.4 Å². The molecular weight excluding hydrogens is 348 g/mol. The molecule has 0 saturated heterocycles. The molecule has 5 nitrogen and oxygen atoms in total. The average molecular weight is 377 g/mol. The highest BCUT2D eigenvalue weighted by Crippen LogP contribution is 2.29. The molecule has 6 heteroatoms. The zero-order chi connectivity index (χ0) is 18.4. The van der Waals surface area contributed by atoms with Crippen molar-refractivity contribution in [3.63, 3.8) is 0 Å². The fourth-order valence-corrected chi connectivity index (χ4v) is 5.25. The number of hydrogen-bond acceptors (Lipinski definition) is 3. The van der Waals surface area contributed by atoms with E-state index in [1.165, 1.54) is 22.7 Å². The summed E-state index contributed by atoms with van der Waals surface area (Å²) in [6, 6.07) is 7.62. The predicted octanol–water partition coefficient (Wildman–Crippen LogP) is 3.17. The number of para-hydroxylation sites is 1. The van der Waals surface area contributed by atoms with Crippen molar-refractivity contribution in [3.05, 3.63) is 41.5 Å². The number of carbonyl (C=O) groups excluding carboxylic acids is 1. The van der Waals surface area contributed by atoms with E-state index in [2.05, 4.69) is 11.4 Å². The summed E-state index contributed by atoms with van der Waals surface area (Å²) < 4.78 is 26.9. The molecule has 1 aromatic carbocycles. The molecule has 0 unspecified atom stereocenters. The molecule has 26 heavy (non-hydrogen) atoms. The Bertz CT molecular complexity index is 771. The average Bonchev–Trinajstić information content (AvgIpc) is 2.67. The van der Waals surface area contributed by atoms with Crippen LogP contribution in [0.5, 0.6) is 0 Å². The quantitative estimate of drug-likeness (QED) is 0.743. The summed E-state index contributed by atoms with van der Waals surface area (Å²) in [6.45, 7) is 1.09. The summed E-state index contributed by atoms with van der Waals surface area (Å²) in [4.78, 5) is 12.0. The Hall–Kier alpha value is -1.82. The number of sulfonamides is 1. The zero-order valence-corrected chi connectivity index (χ0v) is 16.1. The summed E-state index contributed by atoms with van der Waals surface area (Å²) in [5.74, 6) is -0.328. The second-order valence-electron chi connectivity index (χ2n) is 7.08. The SMILES string of the molecule is O=C(CCS(=O)(=O)N1CCCc2ccccc21)NCCC1=CCCCC1. The van der Waals surface area contributed by atoms with Gasteiger partial charge in [0.15, 0.2) is 0 Å². The summed E-state index contributed by atoms with van der Waals surface area (Å²) in [7, 11) is -3.48. The van der Waals surface area contributed by atoms with Gasteiger partial charge in [0.1, 0.15) is 0 Å². The number of rotatable bonds is 7. The monoisotopic (exact) mass is 376 g/mol. The van der Waals surface area contributed by atoms with Crippen molar-refractivity contribution >= 4 is 21.6 Å². The number of anilines is 1. The van der Waals surface area contributed by atoms with Crippen molar-refractivity contribution in [2.45, 2.75) is 51.4 Å². The molecule has 0 spiro atoms. The topological polar surface area (TPSA) is 66.5 Å². The van der Waals surface area contributed by atoms with Crippen molar-refractivity contribution in [1.82, 2.24) is 5.32 Å². The predicted molar refractivity (Wildman–Crippen MR) is 105 cm³/mol. The van der Waals surface area contributed by atoms with Gasteiger partial charge in [-0.1, -0.05) is 29.8 Å². The summed E-state index contributed by atoms with van der Waals surface area (Å²) in [5.41, 5.74) is 3.24. The molecule has 0 radical (unpaired) electrons. The maximum Gasteiger partial charge on any atom is 0.235 e. The third kappa shape index (κ3) is 4.87. The van der Waals surface area contributed by atoms with Crippen LogP contribution in [0.15, 0.2) is 35.9 Å². The van der Waals surface area contributed by atoms with Crippen molar-refractivity contribution < 1.29 is 13.2 Å². The van der Waals surface area contributed by atoms with Gasteiger partial charge in [-0.15, -0.1) is 0 Å². The minimum atomic E-state index is -3.48. The van der Waals surface area contributed by atoms with Crippen LogP contribution in [0.25, 0.3) is 0 Å². The van der Waals surface area contributed by atoms with Crippen LogP contribution >= 0.6 is 0 Å². The number of hydrogen-bond donors (Lipinski definition) is 1. The first-order valence-electron chi connectivity index (χ1n) is 9.59. The van der Waals surface area contributed by atoms with Gasteiger partial charge in [-0.25, -0.2) is 8.42 Å². The summed E-state index contributed by atoms with van der Waals surface area (Å²) >= 11 is 0. The maximum absolute atomic E-state index is 12.7. The smallest absolute Gasteiger partial charge is 0.235 e. The molecule has 1 aliphatic carbocycles. The first-order valence-corrected chi connectivity index (χ1v) is 11.2. The fraction of sp³-hybridized carbons (Fsp3) is 0.550. The number of fused-ring (bicyclic) bond motifs is 1. The molecule has 2 aliphatic rings. The van der Waals surface area contributed by atoms with E-state index in [4.69, 9.17) is 0 Å². The molecule has 1 aromatic rings. The Labute approximate surface area is 156 Å². The molecule has 0 fully saturated rings. The molecule has 3 rings (SSSR count). The van der Waals surface area contributed by atoms with E-state index in [1.54, 1.807) is 0 Å². The van der Waals surface area contributed by atoms with Crippen molar-refractivity contribution in [2.24, 2.45) is 0 Å². The lowest BCUT2D eigenvalue weighted by atomic mass is 9.97. The van der Waals surface area contributed by atoms with E-state index in [9.17, 15) is 13.2 Å². The fourth-order valence-electron chi connectivity index (χ4n) is 3.70. The van der Waals surface area contributed by atoms with E-state index in [-0.39, 0.29) is 18.1 Å². The lowest BCUT2D eigenvalue weighted by Gasteiger charge is -2.30. The maximum atomic E-state index is 12.7. The lowest BCUT2D eigenvalue weighted by Crippen LogP contribution is -2.38. The minimum absolute atomic E-state index is 0.0139. The first-order chi connectivity index (χ1) is 12.6. The lowest BCUT2D eigenvalue weighted by molar-refractivity contribution is -0.120. The van der Waals surface area contributed by atoms with Crippen LogP contribution in [-0.4, -0.2) is 33.2 Å². The van der Waals surface area contributed by atoms with Crippen LogP contribution in [0, 0.1) is 0 Å². The molecular formula is C20H28N2O3S. The van der Waals surface area contributed by atoms with Crippen LogP contribution in [0.2, 0.25) is 0 Å². The van der Waals surface area contributed by atoms with Crippen LogP contribution < -0.4 is 9.62 Å². The molecule has 1 aliphatic heterocycles. The van der Waals surface area contributed by atoms with Crippen molar-refractivity contribution in [1.29, 1.82) is 0 Å². The number of allylic oxidation sites excluding steroid dienone is 1. The highest BCUT2D eigenvalue weighted by atomic mass is 32.2. The summed E-state index contributed by atoms with van der Waals surface area (Å²) in [6.07, 6.45) is 9.63. The molecule has 142 valence electrons. The van der Waals surface area contributed by atoms with Gasteiger partial charge in [0.25, 0.3) is 0 Å². The second kappa shape index (κ2) is 8.71. The van der Waals surface area contributed by atoms with Gasteiger partial charge in [-0.2, -0.15) is 0 Å². The Balaban J connectivity index is 1.49. The molecule has 1 N–H and O–H groups in total. The van der Waals surface area contributed by atoms with Crippen LogP contribution in [-0.2, 0) is 21.2 Å². The standard InChI is InChI=1S/C20H28N2O3S/c23-20(21-14-12-17-7-2-1-3-8-17)13-16-26(24,25)22-15-6-10-18-9-4-5-11-19(18)22/h4-5,7,9,11H,1-3,6,8,10,12-16H2,(H,21,23).